The lowest BCUT2D eigenvalue weighted by atomic mass is 10.1. The third kappa shape index (κ3) is 1.93. The molecule has 0 unspecified atom stereocenters. The fourth-order valence-electron chi connectivity index (χ4n) is 1.81. The van der Waals surface area contributed by atoms with Crippen LogP contribution < -0.4 is 5.73 Å². The molecule has 0 radical (unpaired) electrons. The summed E-state index contributed by atoms with van der Waals surface area (Å²) in [5, 5.41) is 7.62. The Morgan fingerprint density at radius 3 is 2.53 bits per heavy atom. The van der Waals surface area contributed by atoms with E-state index in [1.165, 1.54) is 0 Å². The second kappa shape index (κ2) is 4.05. The van der Waals surface area contributed by atoms with E-state index in [4.69, 9.17) is 11.1 Å². The molecule has 4 heteroatoms. The number of aryl methyl sites for hydroxylation is 2. The lowest BCUT2D eigenvalue weighted by Crippen LogP contribution is -2.15. The maximum absolute atomic E-state index is 7.62. The number of amidine groups is 1. The lowest BCUT2D eigenvalue weighted by molar-refractivity contribution is 0.993. The normalized spacial score (nSPS) is 10.5. The zero-order valence-electron chi connectivity index (χ0n) is 10.3. The molecule has 0 aliphatic heterocycles. The zero-order chi connectivity index (χ0) is 12.6. The van der Waals surface area contributed by atoms with E-state index in [1.807, 2.05) is 43.5 Å². The highest BCUT2D eigenvalue weighted by molar-refractivity contribution is 5.98. The minimum atomic E-state index is 0.0748. The van der Waals surface area contributed by atoms with Crippen LogP contribution in [0.15, 0.2) is 24.5 Å². The maximum Gasteiger partial charge on any atom is 0.124 e. The summed E-state index contributed by atoms with van der Waals surface area (Å²) in [6.45, 7) is 6.00. The summed E-state index contributed by atoms with van der Waals surface area (Å²) < 4.78 is 1.97. The van der Waals surface area contributed by atoms with Crippen LogP contribution in [-0.2, 0) is 0 Å². The minimum Gasteiger partial charge on any atom is -0.384 e. The lowest BCUT2D eigenvalue weighted by Gasteiger charge is -2.12. The first kappa shape index (κ1) is 11.4. The van der Waals surface area contributed by atoms with Crippen molar-refractivity contribution in [2.75, 3.05) is 0 Å². The van der Waals surface area contributed by atoms with E-state index in [0.29, 0.717) is 0 Å². The van der Waals surface area contributed by atoms with Gasteiger partial charge < -0.3 is 10.3 Å². The van der Waals surface area contributed by atoms with Crippen LogP contribution in [0, 0.1) is 26.2 Å². The molecule has 0 saturated heterocycles. The summed E-state index contributed by atoms with van der Waals surface area (Å²) in [5.41, 5.74) is 10.4. The Kier molecular flexibility index (Phi) is 2.71. The molecule has 3 N–H and O–H groups in total. The van der Waals surface area contributed by atoms with Gasteiger partial charge in [-0.25, -0.2) is 4.98 Å². The molecule has 0 atom stereocenters. The summed E-state index contributed by atoms with van der Waals surface area (Å²) in [5.74, 6) is 0.0748. The molecule has 4 nitrogen and oxygen atoms in total. The molecule has 0 spiro atoms. The highest BCUT2D eigenvalue weighted by atomic mass is 15.1. The Morgan fingerprint density at radius 2 is 2.00 bits per heavy atom. The topological polar surface area (TPSA) is 67.7 Å². The van der Waals surface area contributed by atoms with Crippen LogP contribution in [0.3, 0.4) is 0 Å². The van der Waals surface area contributed by atoms with Crippen molar-refractivity contribution in [2.24, 2.45) is 5.73 Å². The summed E-state index contributed by atoms with van der Waals surface area (Å²) in [7, 11) is 0. The highest BCUT2D eigenvalue weighted by Crippen LogP contribution is 2.19. The van der Waals surface area contributed by atoms with Gasteiger partial charge in [-0.3, -0.25) is 5.41 Å². The molecule has 0 aliphatic rings. The summed E-state index contributed by atoms with van der Waals surface area (Å²) >= 11 is 0. The first-order chi connectivity index (χ1) is 8.00. The standard InChI is InChI=1S/C13H16N4/c1-8-4-5-11(13(14)15)12(6-8)17-7-16-9(2)10(17)3/h4-7H,1-3H3,(H3,14,15). The van der Waals surface area contributed by atoms with Gasteiger partial charge in [-0.1, -0.05) is 6.07 Å². The number of rotatable bonds is 2. The SMILES string of the molecule is Cc1ccc(C(=N)N)c(-n2cnc(C)c2C)c1. The highest BCUT2D eigenvalue weighted by Gasteiger charge is 2.10. The van der Waals surface area contributed by atoms with Gasteiger partial charge in [0, 0.05) is 11.3 Å². The predicted molar refractivity (Wildman–Crippen MR) is 68.8 cm³/mol. The van der Waals surface area contributed by atoms with Crippen LogP contribution in [0.4, 0.5) is 0 Å². The van der Waals surface area contributed by atoms with Gasteiger partial charge in [0.2, 0.25) is 0 Å². The van der Waals surface area contributed by atoms with Crippen LogP contribution in [-0.4, -0.2) is 15.4 Å². The number of nitrogens with two attached hydrogens (primary N) is 1. The molecule has 1 heterocycles. The van der Waals surface area contributed by atoms with E-state index >= 15 is 0 Å². The first-order valence-corrected chi connectivity index (χ1v) is 5.46. The van der Waals surface area contributed by atoms with E-state index < -0.39 is 0 Å². The number of hydrogen-bond donors (Lipinski definition) is 2. The Labute approximate surface area is 101 Å². The van der Waals surface area contributed by atoms with Gasteiger partial charge in [0.1, 0.15) is 5.84 Å². The van der Waals surface area contributed by atoms with Crippen molar-refractivity contribution >= 4 is 5.84 Å². The fourth-order valence-corrected chi connectivity index (χ4v) is 1.81. The Bertz CT molecular complexity index is 581. The minimum absolute atomic E-state index is 0.0748. The van der Waals surface area contributed by atoms with Crippen molar-refractivity contribution in [3.63, 3.8) is 0 Å². The molecule has 0 aliphatic carbocycles. The van der Waals surface area contributed by atoms with Gasteiger partial charge in [-0.05, 0) is 38.5 Å². The second-order valence-electron chi connectivity index (χ2n) is 4.22. The van der Waals surface area contributed by atoms with Crippen LogP contribution in [0.5, 0.6) is 0 Å². The number of nitrogens with zero attached hydrogens (tertiary/aromatic N) is 2. The van der Waals surface area contributed by atoms with E-state index in [9.17, 15) is 0 Å². The number of nitrogens with one attached hydrogen (secondary N) is 1. The van der Waals surface area contributed by atoms with Gasteiger partial charge in [-0.2, -0.15) is 0 Å². The molecule has 0 bridgehead atoms. The maximum atomic E-state index is 7.62. The Hall–Kier alpha value is -2.10. The quantitative estimate of drug-likeness (QED) is 0.610. The van der Waals surface area contributed by atoms with Crippen LogP contribution in [0.25, 0.3) is 5.69 Å². The predicted octanol–water partition coefficient (Wildman–Crippen LogP) is 2.08. The van der Waals surface area contributed by atoms with Crippen LogP contribution >= 0.6 is 0 Å². The number of imidazole rings is 1. The number of nitrogen functional groups attached to an aromatic ring is 1. The monoisotopic (exact) mass is 228 g/mol. The van der Waals surface area contributed by atoms with Crippen molar-refractivity contribution < 1.29 is 0 Å². The Morgan fingerprint density at radius 1 is 1.29 bits per heavy atom. The van der Waals surface area contributed by atoms with Crippen molar-refractivity contribution in [3.8, 4) is 5.69 Å². The molecule has 1 aromatic heterocycles. The first-order valence-electron chi connectivity index (χ1n) is 5.46. The smallest absolute Gasteiger partial charge is 0.124 e. The average molecular weight is 228 g/mol. The number of benzene rings is 1. The molecule has 0 amide bonds. The van der Waals surface area contributed by atoms with Gasteiger partial charge in [-0.15, -0.1) is 0 Å². The van der Waals surface area contributed by atoms with Crippen LogP contribution in [0.1, 0.15) is 22.5 Å². The largest absolute Gasteiger partial charge is 0.384 e. The van der Waals surface area contributed by atoms with Gasteiger partial charge in [0.25, 0.3) is 0 Å². The van der Waals surface area contributed by atoms with Crippen molar-refractivity contribution in [1.82, 2.24) is 9.55 Å². The van der Waals surface area contributed by atoms with Crippen molar-refractivity contribution in [1.29, 1.82) is 5.41 Å². The van der Waals surface area contributed by atoms with E-state index in [0.717, 1.165) is 28.2 Å². The molecule has 2 aromatic rings. The van der Waals surface area contributed by atoms with Crippen molar-refractivity contribution in [3.05, 3.63) is 47.0 Å². The zero-order valence-corrected chi connectivity index (χ0v) is 10.3. The number of aromatic nitrogens is 2. The van der Waals surface area contributed by atoms with E-state index in [1.54, 1.807) is 6.33 Å². The molecular formula is C13H16N4. The molecule has 0 fully saturated rings. The van der Waals surface area contributed by atoms with Gasteiger partial charge >= 0.3 is 0 Å². The molecular weight excluding hydrogens is 212 g/mol. The number of hydrogen-bond acceptors (Lipinski definition) is 2. The van der Waals surface area contributed by atoms with Gasteiger partial charge in [0.05, 0.1) is 17.7 Å². The summed E-state index contributed by atoms with van der Waals surface area (Å²) in [6, 6.07) is 5.85. The molecule has 0 saturated carbocycles. The molecule has 1 aromatic carbocycles. The second-order valence-corrected chi connectivity index (χ2v) is 4.22. The molecule has 17 heavy (non-hydrogen) atoms. The van der Waals surface area contributed by atoms with E-state index in [2.05, 4.69) is 4.98 Å². The van der Waals surface area contributed by atoms with Crippen molar-refractivity contribution in [2.45, 2.75) is 20.8 Å². The molecule has 88 valence electrons. The fraction of sp³-hybridized carbons (Fsp3) is 0.231. The van der Waals surface area contributed by atoms with Crippen LogP contribution in [0.2, 0.25) is 0 Å². The summed E-state index contributed by atoms with van der Waals surface area (Å²) in [4.78, 5) is 4.27. The third-order valence-corrected chi connectivity index (χ3v) is 2.95. The summed E-state index contributed by atoms with van der Waals surface area (Å²) in [6.07, 6.45) is 1.77. The Balaban J connectivity index is 2.69. The average Bonchev–Trinajstić information content (AvgIpc) is 2.59. The molecule has 2 rings (SSSR count). The third-order valence-electron chi connectivity index (χ3n) is 2.95. The van der Waals surface area contributed by atoms with Gasteiger partial charge in [0.15, 0.2) is 0 Å². The van der Waals surface area contributed by atoms with E-state index in [-0.39, 0.29) is 5.84 Å².